The van der Waals surface area contributed by atoms with E-state index >= 15 is 0 Å². The summed E-state index contributed by atoms with van der Waals surface area (Å²) in [7, 11) is 1.39. The summed E-state index contributed by atoms with van der Waals surface area (Å²) >= 11 is 1.52. The van der Waals surface area contributed by atoms with Crippen LogP contribution in [0.2, 0.25) is 0 Å². The number of hydrogen-bond donors (Lipinski definition) is 0. The SMILES string of the molecule is COC(=O)CC1CCCCN1C(=O)CSC. The molecule has 0 radical (unpaired) electrons. The Bertz CT molecular complexity index is 258. The second-order valence-corrected chi connectivity index (χ2v) is 4.82. The molecule has 1 atom stereocenters. The van der Waals surface area contributed by atoms with E-state index in [1.165, 1.54) is 18.9 Å². The molecule has 1 aliphatic heterocycles. The second-order valence-electron chi connectivity index (χ2n) is 3.95. The highest BCUT2D eigenvalue weighted by atomic mass is 32.2. The van der Waals surface area contributed by atoms with Gasteiger partial charge in [-0.2, -0.15) is 11.8 Å². The first-order valence-electron chi connectivity index (χ1n) is 5.54. The van der Waals surface area contributed by atoms with Crippen molar-refractivity contribution >= 4 is 23.6 Å². The molecule has 1 saturated heterocycles. The highest BCUT2D eigenvalue weighted by Gasteiger charge is 2.28. The van der Waals surface area contributed by atoms with E-state index in [-0.39, 0.29) is 17.9 Å². The highest BCUT2D eigenvalue weighted by molar-refractivity contribution is 7.99. The summed E-state index contributed by atoms with van der Waals surface area (Å²) in [5, 5.41) is 0. The van der Waals surface area contributed by atoms with Crippen LogP contribution >= 0.6 is 11.8 Å². The number of carbonyl (C=O) groups is 2. The van der Waals surface area contributed by atoms with Crippen molar-refractivity contribution in [3.05, 3.63) is 0 Å². The normalized spacial score (nSPS) is 20.6. The lowest BCUT2D eigenvalue weighted by molar-refractivity contribution is -0.144. The Morgan fingerprint density at radius 3 is 2.81 bits per heavy atom. The van der Waals surface area contributed by atoms with Crippen molar-refractivity contribution in [2.45, 2.75) is 31.7 Å². The number of hydrogen-bond acceptors (Lipinski definition) is 4. The van der Waals surface area contributed by atoms with Crippen molar-refractivity contribution in [1.29, 1.82) is 0 Å². The van der Waals surface area contributed by atoms with Gasteiger partial charge in [-0.05, 0) is 25.5 Å². The molecule has 92 valence electrons. The Kier molecular flexibility index (Phi) is 5.66. The molecule has 1 aliphatic rings. The molecule has 0 aromatic carbocycles. The van der Waals surface area contributed by atoms with Crippen LogP contribution in [-0.2, 0) is 14.3 Å². The summed E-state index contributed by atoms with van der Waals surface area (Å²) in [5.74, 6) is 0.410. The van der Waals surface area contributed by atoms with E-state index in [4.69, 9.17) is 0 Å². The second kappa shape index (κ2) is 6.78. The van der Waals surface area contributed by atoms with Gasteiger partial charge in [0, 0.05) is 12.6 Å². The molecule has 16 heavy (non-hydrogen) atoms. The average Bonchev–Trinajstić information content (AvgIpc) is 2.30. The maximum absolute atomic E-state index is 11.8. The molecule has 0 aromatic heterocycles. The van der Waals surface area contributed by atoms with Gasteiger partial charge in [-0.3, -0.25) is 9.59 Å². The third-order valence-corrected chi connectivity index (χ3v) is 3.38. The predicted octanol–water partition coefficient (Wildman–Crippen LogP) is 1.29. The van der Waals surface area contributed by atoms with Crippen LogP contribution in [0.4, 0.5) is 0 Å². The average molecular weight is 245 g/mol. The quantitative estimate of drug-likeness (QED) is 0.700. The lowest BCUT2D eigenvalue weighted by atomic mass is 9.99. The van der Waals surface area contributed by atoms with Gasteiger partial charge < -0.3 is 9.64 Å². The summed E-state index contributed by atoms with van der Waals surface area (Å²) in [6.07, 6.45) is 5.28. The standard InChI is InChI=1S/C11H19NO3S/c1-15-11(14)7-9-5-3-4-6-12(9)10(13)8-16-2/h9H,3-8H2,1-2H3. The molecule has 0 spiro atoms. The molecule has 5 heteroatoms. The van der Waals surface area contributed by atoms with Gasteiger partial charge in [0.05, 0.1) is 19.3 Å². The molecule has 1 rings (SSSR count). The van der Waals surface area contributed by atoms with Gasteiger partial charge in [0.2, 0.25) is 5.91 Å². The Balaban J connectivity index is 2.56. The van der Waals surface area contributed by atoms with Crippen LogP contribution in [0.5, 0.6) is 0 Å². The topological polar surface area (TPSA) is 46.6 Å². The largest absolute Gasteiger partial charge is 0.469 e. The third-order valence-electron chi connectivity index (χ3n) is 2.85. The van der Waals surface area contributed by atoms with E-state index < -0.39 is 0 Å². The summed E-state index contributed by atoms with van der Waals surface area (Å²) in [5.41, 5.74) is 0. The molecule has 0 aromatic rings. The Morgan fingerprint density at radius 2 is 2.19 bits per heavy atom. The van der Waals surface area contributed by atoms with Crippen LogP contribution in [-0.4, -0.2) is 48.5 Å². The lowest BCUT2D eigenvalue weighted by Gasteiger charge is -2.35. The van der Waals surface area contributed by atoms with Crippen molar-refractivity contribution in [3.8, 4) is 0 Å². The van der Waals surface area contributed by atoms with Crippen LogP contribution in [0.25, 0.3) is 0 Å². The number of ether oxygens (including phenoxy) is 1. The van der Waals surface area contributed by atoms with E-state index in [2.05, 4.69) is 4.74 Å². The molecule has 0 bridgehead atoms. The van der Waals surface area contributed by atoms with Crippen molar-refractivity contribution < 1.29 is 14.3 Å². The summed E-state index contributed by atoms with van der Waals surface area (Å²) in [4.78, 5) is 24.9. The lowest BCUT2D eigenvalue weighted by Crippen LogP contribution is -2.45. The van der Waals surface area contributed by atoms with Gasteiger partial charge in [-0.25, -0.2) is 0 Å². The first-order valence-corrected chi connectivity index (χ1v) is 6.93. The smallest absolute Gasteiger partial charge is 0.307 e. The first kappa shape index (κ1) is 13.4. The van der Waals surface area contributed by atoms with E-state index in [1.54, 1.807) is 0 Å². The van der Waals surface area contributed by atoms with Crippen molar-refractivity contribution in [2.75, 3.05) is 25.7 Å². The molecule has 1 fully saturated rings. The number of rotatable bonds is 4. The van der Waals surface area contributed by atoms with Crippen LogP contribution in [0, 0.1) is 0 Å². The number of nitrogens with zero attached hydrogens (tertiary/aromatic N) is 1. The maximum atomic E-state index is 11.8. The molecule has 0 aliphatic carbocycles. The van der Waals surface area contributed by atoms with Gasteiger partial charge in [-0.15, -0.1) is 0 Å². The van der Waals surface area contributed by atoms with Crippen molar-refractivity contribution in [2.24, 2.45) is 0 Å². The van der Waals surface area contributed by atoms with Crippen LogP contribution in [0.15, 0.2) is 0 Å². The maximum Gasteiger partial charge on any atom is 0.307 e. The van der Waals surface area contributed by atoms with Crippen molar-refractivity contribution in [1.82, 2.24) is 4.90 Å². The zero-order valence-corrected chi connectivity index (χ0v) is 10.7. The number of methoxy groups -OCH3 is 1. The fraction of sp³-hybridized carbons (Fsp3) is 0.818. The molecule has 1 unspecified atom stereocenters. The highest BCUT2D eigenvalue weighted by Crippen LogP contribution is 2.20. The summed E-state index contributed by atoms with van der Waals surface area (Å²) < 4.78 is 4.66. The summed E-state index contributed by atoms with van der Waals surface area (Å²) in [6.45, 7) is 0.779. The fourth-order valence-electron chi connectivity index (χ4n) is 2.02. The minimum atomic E-state index is -0.228. The van der Waals surface area contributed by atoms with Crippen molar-refractivity contribution in [3.63, 3.8) is 0 Å². The number of piperidine rings is 1. The van der Waals surface area contributed by atoms with E-state index in [9.17, 15) is 9.59 Å². The van der Waals surface area contributed by atoms with E-state index in [0.717, 1.165) is 25.8 Å². The van der Waals surface area contributed by atoms with Crippen LogP contribution in [0.1, 0.15) is 25.7 Å². The number of likely N-dealkylation sites (tertiary alicyclic amines) is 1. The molecule has 1 amide bonds. The molecule has 0 saturated carbocycles. The fourth-order valence-corrected chi connectivity index (χ4v) is 2.44. The van der Waals surface area contributed by atoms with Gasteiger partial charge in [0.15, 0.2) is 0 Å². The van der Waals surface area contributed by atoms with Gasteiger partial charge in [0.25, 0.3) is 0 Å². The number of thioether (sulfide) groups is 1. The zero-order valence-electron chi connectivity index (χ0n) is 9.90. The van der Waals surface area contributed by atoms with Crippen LogP contribution < -0.4 is 0 Å². The third kappa shape index (κ3) is 3.70. The zero-order chi connectivity index (χ0) is 12.0. The Morgan fingerprint density at radius 1 is 1.44 bits per heavy atom. The van der Waals surface area contributed by atoms with Gasteiger partial charge in [-0.1, -0.05) is 0 Å². The molecular formula is C11H19NO3S. The van der Waals surface area contributed by atoms with E-state index in [0.29, 0.717) is 12.2 Å². The molecule has 0 N–H and O–H groups in total. The minimum absolute atomic E-state index is 0.0425. The van der Waals surface area contributed by atoms with Gasteiger partial charge in [0.1, 0.15) is 0 Å². The van der Waals surface area contributed by atoms with E-state index in [1.807, 2.05) is 11.2 Å². The van der Waals surface area contributed by atoms with Crippen LogP contribution in [0.3, 0.4) is 0 Å². The molecule has 1 heterocycles. The monoisotopic (exact) mass is 245 g/mol. The minimum Gasteiger partial charge on any atom is -0.469 e. The number of carbonyl (C=O) groups excluding carboxylic acids is 2. The Hall–Kier alpha value is -0.710. The predicted molar refractivity (Wildman–Crippen MR) is 64.4 cm³/mol. The molecular weight excluding hydrogens is 226 g/mol. The number of esters is 1. The molecule has 4 nitrogen and oxygen atoms in total. The summed E-state index contributed by atoms with van der Waals surface area (Å²) in [6, 6.07) is 0.0425. The van der Waals surface area contributed by atoms with Gasteiger partial charge >= 0.3 is 5.97 Å². The Labute approximate surface area is 101 Å². The number of amides is 1. The first-order chi connectivity index (χ1) is 7.69.